The van der Waals surface area contributed by atoms with E-state index in [1.54, 1.807) is 17.0 Å². The van der Waals surface area contributed by atoms with Crippen LogP contribution in [0.5, 0.6) is 0 Å². The zero-order valence-corrected chi connectivity index (χ0v) is 14.4. The molecule has 1 N–H and O–H groups in total. The van der Waals surface area contributed by atoms with Gasteiger partial charge < -0.3 is 5.32 Å². The summed E-state index contributed by atoms with van der Waals surface area (Å²) in [5, 5.41) is 15.1. The summed E-state index contributed by atoms with van der Waals surface area (Å²) in [6, 6.07) is 9.69. The number of carbonyl (C=O) groups excluding carboxylic acids is 2. The Balaban J connectivity index is 1.48. The molecule has 7 nitrogen and oxygen atoms in total. The Bertz CT molecular complexity index is 913. The number of benzene rings is 1. The molecule has 0 saturated heterocycles. The standard InChI is InChI=1S/C19H19N5O2/c1-12-16(11-20-24(12)15-5-3-2-4-6-15)19(26)21-14-7-8-17-13(9-14)10-18(25)23-22-17/h2-6,10-11,14,17H,7-9H2,1H3,(H,21,26). The molecule has 2 unspecified atom stereocenters. The van der Waals surface area contributed by atoms with Gasteiger partial charge in [-0.05, 0) is 43.9 Å². The van der Waals surface area contributed by atoms with Crippen LogP contribution in [0.2, 0.25) is 0 Å². The number of amides is 2. The van der Waals surface area contributed by atoms with Crippen molar-refractivity contribution in [2.24, 2.45) is 10.2 Å². The van der Waals surface area contributed by atoms with Gasteiger partial charge in [-0.2, -0.15) is 10.2 Å². The molecule has 4 rings (SSSR count). The van der Waals surface area contributed by atoms with E-state index in [0.717, 1.165) is 29.8 Å². The summed E-state index contributed by atoms with van der Waals surface area (Å²) in [6.07, 6.45) is 5.38. The number of nitrogens with zero attached hydrogens (tertiary/aromatic N) is 4. The van der Waals surface area contributed by atoms with Gasteiger partial charge in [0.15, 0.2) is 0 Å². The summed E-state index contributed by atoms with van der Waals surface area (Å²) in [4.78, 5) is 24.1. The highest BCUT2D eigenvalue weighted by molar-refractivity contribution is 5.95. The van der Waals surface area contributed by atoms with Gasteiger partial charge in [0, 0.05) is 12.1 Å². The molecule has 2 atom stereocenters. The van der Waals surface area contributed by atoms with Crippen molar-refractivity contribution in [2.45, 2.75) is 38.3 Å². The fourth-order valence-electron chi connectivity index (χ4n) is 3.52. The Morgan fingerprint density at radius 2 is 2.04 bits per heavy atom. The normalized spacial score (nSPS) is 21.9. The Morgan fingerprint density at radius 1 is 1.23 bits per heavy atom. The van der Waals surface area contributed by atoms with Gasteiger partial charge in [0.05, 0.1) is 29.2 Å². The third kappa shape index (κ3) is 3.08. The largest absolute Gasteiger partial charge is 0.349 e. The van der Waals surface area contributed by atoms with E-state index in [4.69, 9.17) is 0 Å². The predicted molar refractivity (Wildman–Crippen MR) is 95.1 cm³/mol. The van der Waals surface area contributed by atoms with Crippen LogP contribution in [-0.2, 0) is 4.79 Å². The number of rotatable bonds is 3. The van der Waals surface area contributed by atoms with E-state index in [1.807, 2.05) is 37.3 Å². The summed E-state index contributed by atoms with van der Waals surface area (Å²) >= 11 is 0. The number of para-hydroxylation sites is 1. The Kier molecular flexibility index (Phi) is 4.20. The van der Waals surface area contributed by atoms with E-state index < -0.39 is 0 Å². The first-order valence-corrected chi connectivity index (χ1v) is 8.68. The first kappa shape index (κ1) is 16.4. The van der Waals surface area contributed by atoms with Crippen molar-refractivity contribution in [3.8, 4) is 5.69 Å². The van der Waals surface area contributed by atoms with E-state index >= 15 is 0 Å². The topological polar surface area (TPSA) is 88.7 Å². The molecule has 0 radical (unpaired) electrons. The van der Waals surface area contributed by atoms with Gasteiger partial charge in [0.25, 0.3) is 11.8 Å². The average molecular weight is 349 g/mol. The van der Waals surface area contributed by atoms with Gasteiger partial charge in [-0.1, -0.05) is 18.2 Å². The van der Waals surface area contributed by atoms with Gasteiger partial charge in [0.2, 0.25) is 0 Å². The molecule has 2 heterocycles. The molecule has 1 fully saturated rings. The van der Waals surface area contributed by atoms with Gasteiger partial charge in [-0.25, -0.2) is 4.68 Å². The van der Waals surface area contributed by atoms with E-state index in [0.29, 0.717) is 12.0 Å². The summed E-state index contributed by atoms with van der Waals surface area (Å²) in [5.41, 5.74) is 3.23. The third-order valence-corrected chi connectivity index (χ3v) is 4.89. The van der Waals surface area contributed by atoms with Gasteiger partial charge in [0.1, 0.15) is 0 Å². The Morgan fingerprint density at radius 3 is 2.85 bits per heavy atom. The molecular formula is C19H19N5O2. The lowest BCUT2D eigenvalue weighted by atomic mass is 9.86. The number of hydrogen-bond acceptors (Lipinski definition) is 4. The monoisotopic (exact) mass is 349 g/mol. The number of carbonyl (C=O) groups is 2. The van der Waals surface area contributed by atoms with Crippen molar-refractivity contribution in [2.75, 3.05) is 0 Å². The first-order chi connectivity index (χ1) is 12.6. The Labute approximate surface area is 150 Å². The first-order valence-electron chi connectivity index (χ1n) is 8.68. The molecule has 2 aliphatic rings. The number of nitrogens with one attached hydrogen (secondary N) is 1. The molecule has 26 heavy (non-hydrogen) atoms. The highest BCUT2D eigenvalue weighted by Crippen LogP contribution is 2.29. The second-order valence-corrected chi connectivity index (χ2v) is 6.63. The summed E-state index contributed by atoms with van der Waals surface area (Å²) in [5.74, 6) is -0.458. The quantitative estimate of drug-likeness (QED) is 0.924. The number of fused-ring (bicyclic) bond motifs is 1. The minimum atomic E-state index is -0.316. The SMILES string of the molecule is Cc1c(C(=O)NC2CCC3N=NC(=O)C=C3C2)cnn1-c1ccccc1. The molecule has 132 valence electrons. The maximum Gasteiger partial charge on any atom is 0.287 e. The number of hydrogen-bond donors (Lipinski definition) is 1. The van der Waals surface area contributed by atoms with Crippen LogP contribution in [0, 0.1) is 6.92 Å². The lowest BCUT2D eigenvalue weighted by molar-refractivity contribution is -0.114. The summed E-state index contributed by atoms with van der Waals surface area (Å²) in [7, 11) is 0. The van der Waals surface area contributed by atoms with Crippen LogP contribution in [0.25, 0.3) is 5.69 Å². The highest BCUT2D eigenvalue weighted by atomic mass is 16.2. The molecular weight excluding hydrogens is 330 g/mol. The molecule has 7 heteroatoms. The van der Waals surface area contributed by atoms with Gasteiger partial charge >= 0.3 is 0 Å². The third-order valence-electron chi connectivity index (χ3n) is 4.89. The number of azo groups is 1. The smallest absolute Gasteiger partial charge is 0.287 e. The minimum Gasteiger partial charge on any atom is -0.349 e. The minimum absolute atomic E-state index is 0.00873. The fraction of sp³-hybridized carbons (Fsp3) is 0.316. The van der Waals surface area contributed by atoms with Gasteiger partial charge in [-0.15, -0.1) is 5.11 Å². The average Bonchev–Trinajstić information content (AvgIpc) is 3.03. The molecule has 0 spiro atoms. The van der Waals surface area contributed by atoms with E-state index in [-0.39, 0.29) is 23.9 Å². The second-order valence-electron chi connectivity index (χ2n) is 6.63. The molecule has 1 aliphatic carbocycles. The second kappa shape index (κ2) is 6.67. The van der Waals surface area contributed by atoms with Crippen molar-refractivity contribution in [1.29, 1.82) is 0 Å². The van der Waals surface area contributed by atoms with Gasteiger partial charge in [-0.3, -0.25) is 9.59 Å². The van der Waals surface area contributed by atoms with Crippen LogP contribution in [0.1, 0.15) is 35.3 Å². The van der Waals surface area contributed by atoms with E-state index in [9.17, 15) is 9.59 Å². The van der Waals surface area contributed by atoms with Crippen LogP contribution < -0.4 is 5.32 Å². The van der Waals surface area contributed by atoms with E-state index in [1.165, 1.54) is 0 Å². The predicted octanol–water partition coefficient (Wildman–Crippen LogP) is 2.75. The number of aromatic nitrogens is 2. The zero-order chi connectivity index (χ0) is 18.1. The highest BCUT2D eigenvalue weighted by Gasteiger charge is 2.29. The molecule has 1 aromatic carbocycles. The van der Waals surface area contributed by atoms with Crippen LogP contribution in [-0.4, -0.2) is 33.7 Å². The molecule has 1 aromatic heterocycles. The molecule has 2 amide bonds. The van der Waals surface area contributed by atoms with Crippen LogP contribution in [0.3, 0.4) is 0 Å². The van der Waals surface area contributed by atoms with E-state index in [2.05, 4.69) is 20.6 Å². The van der Waals surface area contributed by atoms with Crippen molar-refractivity contribution in [3.63, 3.8) is 0 Å². The Hall–Kier alpha value is -3.09. The van der Waals surface area contributed by atoms with Crippen molar-refractivity contribution < 1.29 is 9.59 Å². The van der Waals surface area contributed by atoms with Crippen molar-refractivity contribution in [3.05, 3.63) is 59.4 Å². The summed E-state index contributed by atoms with van der Waals surface area (Å²) in [6.45, 7) is 1.88. The maximum atomic E-state index is 12.7. The fourth-order valence-corrected chi connectivity index (χ4v) is 3.52. The summed E-state index contributed by atoms with van der Waals surface area (Å²) < 4.78 is 1.76. The van der Waals surface area contributed by atoms with Crippen molar-refractivity contribution in [1.82, 2.24) is 15.1 Å². The van der Waals surface area contributed by atoms with Crippen LogP contribution in [0.15, 0.2) is 58.4 Å². The molecule has 2 aromatic rings. The molecule has 1 aliphatic heterocycles. The zero-order valence-electron chi connectivity index (χ0n) is 14.4. The molecule has 1 saturated carbocycles. The van der Waals surface area contributed by atoms with Crippen LogP contribution >= 0.6 is 0 Å². The molecule has 0 bridgehead atoms. The van der Waals surface area contributed by atoms with Crippen molar-refractivity contribution >= 4 is 11.8 Å². The van der Waals surface area contributed by atoms with Crippen LogP contribution in [0.4, 0.5) is 0 Å². The lowest BCUT2D eigenvalue weighted by Crippen LogP contribution is -2.40. The lowest BCUT2D eigenvalue weighted by Gasteiger charge is -2.30. The maximum absolute atomic E-state index is 12.7.